The minimum Gasteiger partial charge on any atom is -0.507 e. The minimum absolute atomic E-state index is 0.0371. The van der Waals surface area contributed by atoms with Crippen LogP contribution < -0.4 is 5.32 Å². The van der Waals surface area contributed by atoms with Crippen molar-refractivity contribution in [2.75, 3.05) is 19.8 Å². The molecule has 1 aliphatic heterocycles. The summed E-state index contributed by atoms with van der Waals surface area (Å²) in [5.74, 6) is -0.880. The van der Waals surface area contributed by atoms with Crippen molar-refractivity contribution >= 4 is 11.9 Å². The number of hydrogen-bond acceptors (Lipinski definition) is 5. The highest BCUT2D eigenvalue weighted by atomic mass is 16.5. The van der Waals surface area contributed by atoms with Gasteiger partial charge in [-0.15, -0.1) is 0 Å². The Labute approximate surface area is 154 Å². The number of phenolic OH excluding ortho intramolecular Hbond substituents is 1. The van der Waals surface area contributed by atoms with Crippen molar-refractivity contribution < 1.29 is 24.2 Å². The Bertz CT molecular complexity index is 648. The number of aromatic hydroxyl groups is 1. The van der Waals surface area contributed by atoms with E-state index in [1.54, 1.807) is 6.07 Å². The SMILES string of the molecule is CC(C)c1cc(C(=O)OCC(=O)NC[C@H]2CCCO2)c(O)c(C(C)C)c1. The molecule has 1 aliphatic rings. The molecule has 2 N–H and O–H groups in total. The van der Waals surface area contributed by atoms with Gasteiger partial charge >= 0.3 is 5.97 Å². The van der Waals surface area contributed by atoms with Gasteiger partial charge in [0.25, 0.3) is 5.91 Å². The van der Waals surface area contributed by atoms with Gasteiger partial charge in [0.1, 0.15) is 11.3 Å². The quantitative estimate of drug-likeness (QED) is 0.727. The Kier molecular flexibility index (Phi) is 7.03. The molecule has 144 valence electrons. The second-order valence-electron chi connectivity index (χ2n) is 7.33. The molecule has 1 fully saturated rings. The lowest BCUT2D eigenvalue weighted by Gasteiger charge is -2.16. The molecule has 1 aromatic rings. The molecular formula is C20H29NO5. The Morgan fingerprint density at radius 2 is 2.00 bits per heavy atom. The van der Waals surface area contributed by atoms with Crippen molar-refractivity contribution in [3.63, 3.8) is 0 Å². The molecule has 6 heteroatoms. The van der Waals surface area contributed by atoms with Crippen LogP contribution in [-0.2, 0) is 14.3 Å². The second-order valence-corrected chi connectivity index (χ2v) is 7.33. The Hall–Kier alpha value is -2.08. The molecular weight excluding hydrogens is 334 g/mol. The molecule has 1 aromatic carbocycles. The number of ether oxygens (including phenoxy) is 2. The van der Waals surface area contributed by atoms with Crippen LogP contribution in [0.4, 0.5) is 0 Å². The summed E-state index contributed by atoms with van der Waals surface area (Å²) in [6, 6.07) is 3.55. The molecule has 1 amide bonds. The number of carbonyl (C=O) groups excluding carboxylic acids is 2. The highest BCUT2D eigenvalue weighted by Crippen LogP contribution is 2.33. The maximum atomic E-state index is 12.4. The van der Waals surface area contributed by atoms with E-state index in [0.717, 1.165) is 25.0 Å². The number of rotatable bonds is 7. The van der Waals surface area contributed by atoms with Crippen molar-refractivity contribution in [3.8, 4) is 5.75 Å². The van der Waals surface area contributed by atoms with E-state index in [-0.39, 0.29) is 41.8 Å². The summed E-state index contributed by atoms with van der Waals surface area (Å²) in [5.41, 5.74) is 1.75. The van der Waals surface area contributed by atoms with Gasteiger partial charge in [0.2, 0.25) is 0 Å². The first-order valence-corrected chi connectivity index (χ1v) is 9.21. The number of benzene rings is 1. The monoisotopic (exact) mass is 363 g/mol. The molecule has 1 saturated heterocycles. The number of hydrogen-bond donors (Lipinski definition) is 2. The van der Waals surface area contributed by atoms with Gasteiger partial charge < -0.3 is 19.9 Å². The lowest BCUT2D eigenvalue weighted by Crippen LogP contribution is -2.34. The lowest BCUT2D eigenvalue weighted by atomic mass is 9.92. The molecule has 1 heterocycles. The van der Waals surface area contributed by atoms with Gasteiger partial charge in [-0.1, -0.05) is 33.8 Å². The summed E-state index contributed by atoms with van der Waals surface area (Å²) < 4.78 is 10.5. The van der Waals surface area contributed by atoms with E-state index in [9.17, 15) is 14.7 Å². The summed E-state index contributed by atoms with van der Waals surface area (Å²) in [6.07, 6.45) is 1.96. The fraction of sp³-hybridized carbons (Fsp3) is 0.600. The van der Waals surface area contributed by atoms with Crippen molar-refractivity contribution in [2.24, 2.45) is 0 Å². The van der Waals surface area contributed by atoms with E-state index in [0.29, 0.717) is 12.1 Å². The number of phenols is 1. The molecule has 0 aromatic heterocycles. The van der Waals surface area contributed by atoms with Crippen LogP contribution >= 0.6 is 0 Å². The van der Waals surface area contributed by atoms with Crippen molar-refractivity contribution in [2.45, 2.75) is 58.5 Å². The normalized spacial score (nSPS) is 16.9. The Balaban J connectivity index is 2.00. The number of carbonyl (C=O) groups is 2. The zero-order chi connectivity index (χ0) is 19.3. The zero-order valence-electron chi connectivity index (χ0n) is 16.0. The molecule has 0 radical (unpaired) electrons. The lowest BCUT2D eigenvalue weighted by molar-refractivity contribution is -0.124. The topological polar surface area (TPSA) is 84.9 Å². The van der Waals surface area contributed by atoms with Crippen molar-refractivity contribution in [1.82, 2.24) is 5.32 Å². The van der Waals surface area contributed by atoms with Crippen LogP contribution in [0.1, 0.15) is 73.9 Å². The molecule has 6 nitrogen and oxygen atoms in total. The number of esters is 1. The number of amides is 1. The summed E-state index contributed by atoms with van der Waals surface area (Å²) in [4.78, 5) is 24.3. The van der Waals surface area contributed by atoms with Gasteiger partial charge in [0.15, 0.2) is 6.61 Å². The van der Waals surface area contributed by atoms with Crippen LogP contribution in [0.15, 0.2) is 12.1 Å². The summed E-state index contributed by atoms with van der Waals surface area (Å²) >= 11 is 0. The average molecular weight is 363 g/mol. The van der Waals surface area contributed by atoms with Gasteiger partial charge in [-0.25, -0.2) is 4.79 Å². The molecule has 0 unspecified atom stereocenters. The van der Waals surface area contributed by atoms with Crippen LogP contribution in [0.5, 0.6) is 5.75 Å². The highest BCUT2D eigenvalue weighted by Gasteiger charge is 2.21. The van der Waals surface area contributed by atoms with Crippen LogP contribution in [0.3, 0.4) is 0 Å². The van der Waals surface area contributed by atoms with Crippen molar-refractivity contribution in [3.05, 3.63) is 28.8 Å². The standard InChI is InChI=1S/C20H29NO5/c1-12(2)14-8-16(13(3)4)19(23)17(9-14)20(24)26-11-18(22)21-10-15-6-5-7-25-15/h8-9,12-13,15,23H,5-7,10-11H2,1-4H3,(H,21,22)/t15-/m1/s1. The fourth-order valence-electron chi connectivity index (χ4n) is 2.90. The zero-order valence-corrected chi connectivity index (χ0v) is 16.0. The minimum atomic E-state index is -0.695. The van der Waals surface area contributed by atoms with E-state index in [1.807, 2.05) is 33.8 Å². The second kappa shape index (κ2) is 9.03. The molecule has 26 heavy (non-hydrogen) atoms. The molecule has 0 spiro atoms. The van der Waals surface area contributed by atoms with Gasteiger partial charge in [-0.3, -0.25) is 4.79 Å². The summed E-state index contributed by atoms with van der Waals surface area (Å²) in [5, 5.41) is 13.1. The van der Waals surface area contributed by atoms with Crippen LogP contribution in [0.2, 0.25) is 0 Å². The van der Waals surface area contributed by atoms with Gasteiger partial charge in [-0.05, 0) is 41.9 Å². The molecule has 0 bridgehead atoms. The molecule has 0 saturated carbocycles. The maximum Gasteiger partial charge on any atom is 0.342 e. The van der Waals surface area contributed by atoms with Crippen LogP contribution in [0, 0.1) is 0 Å². The van der Waals surface area contributed by atoms with Crippen molar-refractivity contribution in [1.29, 1.82) is 0 Å². The first-order valence-electron chi connectivity index (χ1n) is 9.21. The van der Waals surface area contributed by atoms with E-state index < -0.39 is 5.97 Å². The van der Waals surface area contributed by atoms with Crippen LogP contribution in [0.25, 0.3) is 0 Å². The predicted molar refractivity (Wildman–Crippen MR) is 98.6 cm³/mol. The first kappa shape index (κ1) is 20.2. The van der Waals surface area contributed by atoms with E-state index in [2.05, 4.69) is 5.32 Å². The largest absolute Gasteiger partial charge is 0.507 e. The third kappa shape index (κ3) is 5.21. The van der Waals surface area contributed by atoms with Crippen LogP contribution in [-0.4, -0.2) is 42.8 Å². The fourth-order valence-corrected chi connectivity index (χ4v) is 2.90. The van der Waals surface area contributed by atoms with Gasteiger partial charge in [-0.2, -0.15) is 0 Å². The third-order valence-corrected chi connectivity index (χ3v) is 4.56. The van der Waals surface area contributed by atoms with Gasteiger partial charge in [0, 0.05) is 13.2 Å². The van der Waals surface area contributed by atoms with E-state index in [1.165, 1.54) is 0 Å². The third-order valence-electron chi connectivity index (χ3n) is 4.56. The predicted octanol–water partition coefficient (Wildman–Crippen LogP) is 3.09. The number of nitrogens with one attached hydrogen (secondary N) is 1. The average Bonchev–Trinajstić information content (AvgIpc) is 3.11. The summed E-state index contributed by atoms with van der Waals surface area (Å²) in [6.45, 7) is 8.70. The molecule has 2 rings (SSSR count). The van der Waals surface area contributed by atoms with E-state index >= 15 is 0 Å². The summed E-state index contributed by atoms with van der Waals surface area (Å²) in [7, 11) is 0. The Morgan fingerprint density at radius 3 is 2.58 bits per heavy atom. The highest BCUT2D eigenvalue weighted by molar-refractivity contribution is 5.94. The van der Waals surface area contributed by atoms with Gasteiger partial charge in [0.05, 0.1) is 6.10 Å². The Morgan fingerprint density at radius 1 is 1.27 bits per heavy atom. The molecule has 0 aliphatic carbocycles. The maximum absolute atomic E-state index is 12.4. The first-order chi connectivity index (χ1) is 12.3. The van der Waals surface area contributed by atoms with E-state index in [4.69, 9.17) is 9.47 Å². The smallest absolute Gasteiger partial charge is 0.342 e. The molecule has 1 atom stereocenters.